The molecule has 1 atom stereocenters. The van der Waals surface area contributed by atoms with Crippen LogP contribution in [-0.4, -0.2) is 17.7 Å². The highest BCUT2D eigenvalue weighted by molar-refractivity contribution is 7.80. The minimum absolute atomic E-state index is 0.196. The normalized spacial score (nSPS) is 36.6. The minimum Gasteiger partial charge on any atom is -0.353 e. The predicted molar refractivity (Wildman–Crippen MR) is 86.0 cm³/mol. The van der Waals surface area contributed by atoms with E-state index in [9.17, 15) is 4.79 Å². The molecule has 0 radical (unpaired) electrons. The molecule has 114 valence electrons. The Morgan fingerprint density at radius 3 is 2.50 bits per heavy atom. The molecule has 3 heteroatoms. The van der Waals surface area contributed by atoms with E-state index in [0.29, 0.717) is 23.6 Å². The van der Waals surface area contributed by atoms with Crippen molar-refractivity contribution in [3.63, 3.8) is 0 Å². The third-order valence-electron chi connectivity index (χ3n) is 6.26. The summed E-state index contributed by atoms with van der Waals surface area (Å²) in [7, 11) is 0. The average Bonchev–Trinajstić information content (AvgIpc) is 2.85. The summed E-state index contributed by atoms with van der Waals surface area (Å²) in [5, 5.41) is 3.17. The van der Waals surface area contributed by atoms with Gasteiger partial charge < -0.3 is 5.32 Å². The van der Waals surface area contributed by atoms with Gasteiger partial charge in [-0.1, -0.05) is 32.1 Å². The second kappa shape index (κ2) is 6.29. The Morgan fingerprint density at radius 1 is 1.15 bits per heavy atom. The summed E-state index contributed by atoms with van der Waals surface area (Å²) in [5.74, 6) is 2.87. The van der Waals surface area contributed by atoms with E-state index in [1.807, 2.05) is 0 Å². The van der Waals surface area contributed by atoms with Gasteiger partial charge in [-0.2, -0.15) is 12.6 Å². The summed E-state index contributed by atoms with van der Waals surface area (Å²) in [6, 6.07) is 0.469. The SMILES string of the molecule is O=C(CCS)NC1CC2(CCC2CCC2CCCC2)C1. The van der Waals surface area contributed by atoms with Crippen LogP contribution in [0.15, 0.2) is 0 Å². The Balaban J connectivity index is 1.37. The smallest absolute Gasteiger partial charge is 0.221 e. The van der Waals surface area contributed by atoms with E-state index in [0.717, 1.165) is 11.8 Å². The monoisotopic (exact) mass is 295 g/mol. The number of thiol groups is 1. The van der Waals surface area contributed by atoms with Crippen LogP contribution >= 0.6 is 12.6 Å². The van der Waals surface area contributed by atoms with Gasteiger partial charge in [-0.15, -0.1) is 0 Å². The van der Waals surface area contributed by atoms with Crippen LogP contribution in [0.4, 0.5) is 0 Å². The molecule has 0 bridgehead atoms. The van der Waals surface area contributed by atoms with E-state index >= 15 is 0 Å². The Kier molecular flexibility index (Phi) is 4.64. The maximum atomic E-state index is 11.6. The van der Waals surface area contributed by atoms with Crippen LogP contribution in [-0.2, 0) is 4.79 Å². The Labute approximate surface area is 128 Å². The van der Waals surface area contributed by atoms with Crippen LogP contribution in [0.2, 0.25) is 0 Å². The van der Waals surface area contributed by atoms with Gasteiger partial charge in [-0.3, -0.25) is 4.79 Å². The van der Waals surface area contributed by atoms with Crippen molar-refractivity contribution in [3.8, 4) is 0 Å². The van der Waals surface area contributed by atoms with E-state index in [1.54, 1.807) is 0 Å². The highest BCUT2D eigenvalue weighted by Crippen LogP contribution is 2.61. The molecule has 3 rings (SSSR count). The fraction of sp³-hybridized carbons (Fsp3) is 0.941. The second-order valence-corrected chi connectivity index (χ2v) is 7.92. The summed E-state index contributed by atoms with van der Waals surface area (Å²) < 4.78 is 0. The Bertz CT molecular complexity index is 345. The first-order chi connectivity index (χ1) is 9.72. The highest BCUT2D eigenvalue weighted by atomic mass is 32.1. The van der Waals surface area contributed by atoms with E-state index in [-0.39, 0.29) is 5.91 Å². The number of carbonyl (C=O) groups is 1. The van der Waals surface area contributed by atoms with Gasteiger partial charge in [0.05, 0.1) is 0 Å². The summed E-state index contributed by atoms with van der Waals surface area (Å²) in [5.41, 5.74) is 0.636. The van der Waals surface area contributed by atoms with Gasteiger partial charge in [0.1, 0.15) is 0 Å². The lowest BCUT2D eigenvalue weighted by atomic mass is 9.47. The molecular formula is C17H29NOS. The molecule has 3 aliphatic rings. The zero-order chi connectivity index (χ0) is 14.0. The number of rotatable bonds is 6. The molecule has 1 spiro atoms. The number of carbonyl (C=O) groups excluding carboxylic acids is 1. The lowest BCUT2D eigenvalue weighted by Gasteiger charge is -2.60. The van der Waals surface area contributed by atoms with E-state index in [1.165, 1.54) is 64.2 Å². The van der Waals surface area contributed by atoms with Gasteiger partial charge in [-0.25, -0.2) is 0 Å². The number of hydrogen-bond acceptors (Lipinski definition) is 2. The van der Waals surface area contributed by atoms with Crippen LogP contribution in [0.3, 0.4) is 0 Å². The zero-order valence-electron chi connectivity index (χ0n) is 12.6. The fourth-order valence-corrected chi connectivity index (χ4v) is 5.11. The molecular weight excluding hydrogens is 266 g/mol. The molecule has 20 heavy (non-hydrogen) atoms. The topological polar surface area (TPSA) is 29.1 Å². The van der Waals surface area contributed by atoms with Crippen molar-refractivity contribution in [1.29, 1.82) is 0 Å². The molecule has 3 fully saturated rings. The largest absolute Gasteiger partial charge is 0.353 e. The second-order valence-electron chi connectivity index (χ2n) is 7.47. The van der Waals surface area contributed by atoms with Gasteiger partial charge >= 0.3 is 0 Å². The maximum absolute atomic E-state index is 11.6. The quantitative estimate of drug-likeness (QED) is 0.714. The first-order valence-corrected chi connectivity index (χ1v) is 9.25. The molecule has 0 aromatic carbocycles. The van der Waals surface area contributed by atoms with Crippen LogP contribution in [0, 0.1) is 17.3 Å². The Hall–Kier alpha value is -0.180. The molecule has 1 N–H and O–H groups in total. The molecule has 0 aromatic rings. The first-order valence-electron chi connectivity index (χ1n) is 8.62. The number of amides is 1. The van der Waals surface area contributed by atoms with E-state index in [4.69, 9.17) is 0 Å². The van der Waals surface area contributed by atoms with E-state index in [2.05, 4.69) is 17.9 Å². The van der Waals surface area contributed by atoms with Gasteiger partial charge in [0.15, 0.2) is 0 Å². The molecule has 0 aromatic heterocycles. The third kappa shape index (κ3) is 3.03. The van der Waals surface area contributed by atoms with Gasteiger partial charge in [0.2, 0.25) is 5.91 Å². The zero-order valence-corrected chi connectivity index (χ0v) is 13.5. The van der Waals surface area contributed by atoms with Crippen LogP contribution in [0.1, 0.15) is 70.6 Å². The van der Waals surface area contributed by atoms with Crippen LogP contribution in [0.5, 0.6) is 0 Å². The number of hydrogen-bond donors (Lipinski definition) is 2. The van der Waals surface area contributed by atoms with Crippen molar-refractivity contribution in [2.24, 2.45) is 17.3 Å². The van der Waals surface area contributed by atoms with Crippen molar-refractivity contribution in [3.05, 3.63) is 0 Å². The molecule has 1 unspecified atom stereocenters. The van der Waals surface area contributed by atoms with Crippen molar-refractivity contribution in [2.45, 2.75) is 76.7 Å². The van der Waals surface area contributed by atoms with E-state index < -0.39 is 0 Å². The van der Waals surface area contributed by atoms with Crippen molar-refractivity contribution in [2.75, 3.05) is 5.75 Å². The van der Waals surface area contributed by atoms with Crippen molar-refractivity contribution < 1.29 is 4.79 Å². The first kappa shape index (κ1) is 14.7. The molecule has 2 nitrogen and oxygen atoms in total. The van der Waals surface area contributed by atoms with Crippen LogP contribution in [0.25, 0.3) is 0 Å². The van der Waals surface area contributed by atoms with Crippen molar-refractivity contribution >= 4 is 18.5 Å². The van der Waals surface area contributed by atoms with Crippen LogP contribution < -0.4 is 5.32 Å². The minimum atomic E-state index is 0.196. The average molecular weight is 295 g/mol. The highest BCUT2D eigenvalue weighted by Gasteiger charge is 2.54. The summed E-state index contributed by atoms with van der Waals surface area (Å²) >= 11 is 4.12. The molecule has 0 saturated heterocycles. The van der Waals surface area contributed by atoms with Gasteiger partial charge in [-0.05, 0) is 55.1 Å². The molecule has 3 aliphatic carbocycles. The number of nitrogens with one attached hydrogen (secondary N) is 1. The lowest BCUT2D eigenvalue weighted by molar-refractivity contribution is -0.127. The molecule has 3 saturated carbocycles. The lowest BCUT2D eigenvalue weighted by Crippen LogP contribution is -2.58. The summed E-state index contributed by atoms with van der Waals surface area (Å²) in [6.07, 6.45) is 14.8. The van der Waals surface area contributed by atoms with Crippen molar-refractivity contribution in [1.82, 2.24) is 5.32 Å². The third-order valence-corrected chi connectivity index (χ3v) is 6.49. The predicted octanol–water partition coefficient (Wildman–Crippen LogP) is 3.95. The summed E-state index contributed by atoms with van der Waals surface area (Å²) in [6.45, 7) is 0. The molecule has 1 amide bonds. The Morgan fingerprint density at radius 2 is 1.90 bits per heavy atom. The summed E-state index contributed by atoms with van der Waals surface area (Å²) in [4.78, 5) is 11.6. The standard InChI is InChI=1S/C17H29NOS/c19-16(8-10-20)18-15-11-17(12-15)9-7-14(17)6-5-13-3-1-2-4-13/h13-15,20H,1-12H2,(H,18,19). The maximum Gasteiger partial charge on any atom is 0.221 e. The van der Waals surface area contributed by atoms with Gasteiger partial charge in [0.25, 0.3) is 0 Å². The molecule has 0 heterocycles. The molecule has 0 aliphatic heterocycles. The fourth-order valence-electron chi connectivity index (χ4n) is 4.91. The van der Waals surface area contributed by atoms with Gasteiger partial charge in [0, 0.05) is 12.5 Å².